The highest BCUT2D eigenvalue weighted by Crippen LogP contribution is 2.34. The fourth-order valence-electron chi connectivity index (χ4n) is 3.25. The van der Waals surface area contributed by atoms with Crippen molar-refractivity contribution in [1.29, 1.82) is 0 Å². The molecule has 7 heteroatoms. The second kappa shape index (κ2) is 6.13. The second-order valence-corrected chi connectivity index (χ2v) is 5.96. The first-order valence-electron chi connectivity index (χ1n) is 7.53. The van der Waals surface area contributed by atoms with Crippen molar-refractivity contribution in [2.75, 3.05) is 33.0 Å². The van der Waals surface area contributed by atoms with Crippen LogP contribution >= 0.6 is 0 Å². The van der Waals surface area contributed by atoms with Crippen LogP contribution in [0, 0.1) is 0 Å². The molecule has 4 nitrogen and oxygen atoms in total. The third-order valence-corrected chi connectivity index (χ3v) is 4.45. The SMILES string of the molecule is O=C(Cc1ccccc1C(F)(F)F)N1CCOCC12CCOC2. The summed E-state index contributed by atoms with van der Waals surface area (Å²) in [6, 6.07) is 5.22. The molecule has 1 aromatic rings. The molecule has 2 aliphatic rings. The van der Waals surface area contributed by atoms with Crippen molar-refractivity contribution in [3.8, 4) is 0 Å². The summed E-state index contributed by atoms with van der Waals surface area (Å²) in [4.78, 5) is 14.3. The van der Waals surface area contributed by atoms with Crippen LogP contribution in [0.1, 0.15) is 17.5 Å². The summed E-state index contributed by atoms with van der Waals surface area (Å²) in [5, 5.41) is 0. The first kappa shape index (κ1) is 16.3. The molecular formula is C16H18F3NO3. The highest BCUT2D eigenvalue weighted by atomic mass is 19.4. The molecule has 2 heterocycles. The molecule has 1 unspecified atom stereocenters. The van der Waals surface area contributed by atoms with E-state index >= 15 is 0 Å². The van der Waals surface area contributed by atoms with E-state index in [0.717, 1.165) is 6.07 Å². The van der Waals surface area contributed by atoms with Crippen molar-refractivity contribution in [3.63, 3.8) is 0 Å². The number of carbonyl (C=O) groups excluding carboxylic acids is 1. The van der Waals surface area contributed by atoms with Gasteiger partial charge in [-0.3, -0.25) is 4.79 Å². The molecule has 1 spiro atoms. The molecule has 0 N–H and O–H groups in total. The monoisotopic (exact) mass is 329 g/mol. The zero-order chi connectivity index (χ0) is 16.5. The zero-order valence-corrected chi connectivity index (χ0v) is 12.6. The van der Waals surface area contributed by atoms with E-state index in [4.69, 9.17) is 9.47 Å². The van der Waals surface area contributed by atoms with Gasteiger partial charge in [0.25, 0.3) is 0 Å². The Morgan fingerprint density at radius 2 is 1.87 bits per heavy atom. The lowest BCUT2D eigenvalue weighted by Crippen LogP contribution is -2.60. The number of carbonyl (C=O) groups is 1. The van der Waals surface area contributed by atoms with Gasteiger partial charge in [-0.15, -0.1) is 0 Å². The first-order valence-corrected chi connectivity index (χ1v) is 7.53. The van der Waals surface area contributed by atoms with Crippen LogP contribution in [0.4, 0.5) is 13.2 Å². The van der Waals surface area contributed by atoms with Crippen LogP contribution in [0.15, 0.2) is 24.3 Å². The van der Waals surface area contributed by atoms with E-state index in [2.05, 4.69) is 0 Å². The van der Waals surface area contributed by atoms with E-state index in [1.807, 2.05) is 0 Å². The van der Waals surface area contributed by atoms with Crippen LogP contribution in [0.3, 0.4) is 0 Å². The predicted molar refractivity (Wildman–Crippen MR) is 75.8 cm³/mol. The minimum atomic E-state index is -4.46. The lowest BCUT2D eigenvalue weighted by molar-refractivity contribution is -0.149. The van der Waals surface area contributed by atoms with E-state index in [-0.39, 0.29) is 17.9 Å². The third-order valence-electron chi connectivity index (χ3n) is 4.45. The van der Waals surface area contributed by atoms with Crippen molar-refractivity contribution in [2.24, 2.45) is 0 Å². The number of benzene rings is 1. The van der Waals surface area contributed by atoms with E-state index in [1.165, 1.54) is 18.2 Å². The summed E-state index contributed by atoms with van der Waals surface area (Å²) in [5.74, 6) is -0.310. The number of amides is 1. The molecule has 3 rings (SSSR count). The Hall–Kier alpha value is -1.60. The summed E-state index contributed by atoms with van der Waals surface area (Å²) in [6.07, 6.45) is -4.08. The van der Waals surface area contributed by atoms with Gasteiger partial charge >= 0.3 is 6.18 Å². The quantitative estimate of drug-likeness (QED) is 0.835. The lowest BCUT2D eigenvalue weighted by atomic mass is 9.94. The van der Waals surface area contributed by atoms with Crippen molar-refractivity contribution < 1.29 is 27.4 Å². The standard InChI is InChI=1S/C16H18F3NO3/c17-16(18,19)13-4-2-1-3-12(13)9-14(21)20-6-8-23-11-15(20)5-7-22-10-15/h1-4H,5-11H2. The molecule has 0 bridgehead atoms. The average molecular weight is 329 g/mol. The number of hydrogen-bond acceptors (Lipinski definition) is 3. The van der Waals surface area contributed by atoms with E-state index < -0.39 is 17.3 Å². The number of nitrogens with zero attached hydrogens (tertiary/aromatic N) is 1. The molecule has 0 aliphatic carbocycles. The van der Waals surface area contributed by atoms with Gasteiger partial charge in [0.15, 0.2) is 0 Å². The molecule has 126 valence electrons. The van der Waals surface area contributed by atoms with Gasteiger partial charge in [0.2, 0.25) is 5.91 Å². The summed E-state index contributed by atoms with van der Waals surface area (Å²) < 4.78 is 50.1. The van der Waals surface area contributed by atoms with Gasteiger partial charge in [-0.25, -0.2) is 0 Å². The largest absolute Gasteiger partial charge is 0.416 e. The number of rotatable bonds is 2. The second-order valence-electron chi connectivity index (χ2n) is 5.96. The predicted octanol–water partition coefficient (Wildman–Crippen LogP) is 2.27. The fraction of sp³-hybridized carbons (Fsp3) is 0.562. The Balaban J connectivity index is 1.82. The molecule has 2 saturated heterocycles. The van der Waals surface area contributed by atoms with Gasteiger partial charge in [0, 0.05) is 13.2 Å². The first-order chi connectivity index (χ1) is 10.9. The number of hydrogen-bond donors (Lipinski definition) is 0. The lowest BCUT2D eigenvalue weighted by Gasteiger charge is -2.43. The van der Waals surface area contributed by atoms with Gasteiger partial charge in [0.05, 0.1) is 37.3 Å². The number of halogens is 3. The fourth-order valence-corrected chi connectivity index (χ4v) is 3.25. The minimum absolute atomic E-state index is 0.00515. The number of alkyl halides is 3. The van der Waals surface area contributed by atoms with Crippen molar-refractivity contribution in [1.82, 2.24) is 4.90 Å². The van der Waals surface area contributed by atoms with E-state index in [1.54, 1.807) is 4.90 Å². The summed E-state index contributed by atoms with van der Waals surface area (Å²) in [6.45, 7) is 2.07. The highest BCUT2D eigenvalue weighted by Gasteiger charge is 2.45. The van der Waals surface area contributed by atoms with Gasteiger partial charge < -0.3 is 14.4 Å². The van der Waals surface area contributed by atoms with Gasteiger partial charge in [-0.1, -0.05) is 18.2 Å². The van der Waals surface area contributed by atoms with Crippen LogP contribution in [-0.4, -0.2) is 49.3 Å². The van der Waals surface area contributed by atoms with Gasteiger partial charge in [-0.2, -0.15) is 13.2 Å². The molecule has 0 radical (unpaired) electrons. The Labute approximate surface area is 132 Å². The van der Waals surface area contributed by atoms with Crippen molar-refractivity contribution in [3.05, 3.63) is 35.4 Å². The summed E-state index contributed by atoms with van der Waals surface area (Å²) in [7, 11) is 0. The van der Waals surface area contributed by atoms with Crippen LogP contribution in [0.2, 0.25) is 0 Å². The normalized spacial score (nSPS) is 25.1. The number of ether oxygens (including phenoxy) is 2. The molecule has 1 amide bonds. The van der Waals surface area contributed by atoms with Crippen LogP contribution in [-0.2, 0) is 26.9 Å². The maximum absolute atomic E-state index is 13.1. The smallest absolute Gasteiger partial charge is 0.379 e. The summed E-state index contributed by atoms with van der Waals surface area (Å²) >= 11 is 0. The van der Waals surface area contributed by atoms with Gasteiger partial charge in [0.1, 0.15) is 0 Å². The van der Waals surface area contributed by atoms with Gasteiger partial charge in [-0.05, 0) is 18.1 Å². The maximum atomic E-state index is 13.1. The molecule has 0 aromatic heterocycles. The molecule has 23 heavy (non-hydrogen) atoms. The molecule has 1 atom stereocenters. The average Bonchev–Trinajstić information content (AvgIpc) is 2.96. The molecule has 1 aromatic carbocycles. The highest BCUT2D eigenvalue weighted by molar-refractivity contribution is 5.80. The molecule has 2 aliphatic heterocycles. The Morgan fingerprint density at radius 1 is 1.17 bits per heavy atom. The molecule has 2 fully saturated rings. The van der Waals surface area contributed by atoms with E-state index in [0.29, 0.717) is 39.4 Å². The van der Waals surface area contributed by atoms with Crippen LogP contribution in [0.25, 0.3) is 0 Å². The van der Waals surface area contributed by atoms with Crippen molar-refractivity contribution >= 4 is 5.91 Å². The summed E-state index contributed by atoms with van der Waals surface area (Å²) in [5.41, 5.74) is -1.27. The molecule has 0 saturated carbocycles. The molecular weight excluding hydrogens is 311 g/mol. The Kier molecular flexibility index (Phi) is 4.33. The Bertz CT molecular complexity index is 582. The van der Waals surface area contributed by atoms with Crippen LogP contribution in [0.5, 0.6) is 0 Å². The topological polar surface area (TPSA) is 38.8 Å². The number of morpholine rings is 1. The van der Waals surface area contributed by atoms with Crippen molar-refractivity contribution in [2.45, 2.75) is 24.6 Å². The van der Waals surface area contributed by atoms with Crippen LogP contribution < -0.4 is 0 Å². The minimum Gasteiger partial charge on any atom is -0.379 e. The van der Waals surface area contributed by atoms with E-state index in [9.17, 15) is 18.0 Å². The maximum Gasteiger partial charge on any atom is 0.416 e. The third kappa shape index (κ3) is 3.21. The Morgan fingerprint density at radius 3 is 2.57 bits per heavy atom. The zero-order valence-electron chi connectivity index (χ0n) is 12.6.